The number of pyridine rings is 1. The van der Waals surface area contributed by atoms with Crippen molar-refractivity contribution in [2.45, 2.75) is 13.3 Å². The summed E-state index contributed by atoms with van der Waals surface area (Å²) >= 11 is 1.45. The van der Waals surface area contributed by atoms with E-state index >= 15 is 0 Å². The summed E-state index contributed by atoms with van der Waals surface area (Å²) in [5.41, 5.74) is 1.88. The number of anilines is 1. The molecule has 1 aliphatic heterocycles. The number of esters is 1. The Morgan fingerprint density at radius 3 is 2.54 bits per heavy atom. The van der Waals surface area contributed by atoms with Gasteiger partial charge in [0.05, 0.1) is 29.3 Å². The standard InChI is InChI=1S/C26H32N4O4S/c1-4-33-26(32)22-23(29-13-15-30(16-14-29)25(31)21-11-7-18-35-21)19-9-5-6-10-20(19)27-24(22)34-17-8-12-28(2)3/h5-7,9-11,18H,4,8,12-17H2,1-3H3. The van der Waals surface area contributed by atoms with Gasteiger partial charge in [0.25, 0.3) is 5.91 Å². The highest BCUT2D eigenvalue weighted by Gasteiger charge is 2.30. The van der Waals surface area contributed by atoms with Crippen LogP contribution in [0.25, 0.3) is 10.9 Å². The van der Waals surface area contributed by atoms with Crippen molar-refractivity contribution < 1.29 is 19.1 Å². The molecule has 4 rings (SSSR count). The normalized spacial score (nSPS) is 13.9. The van der Waals surface area contributed by atoms with Gasteiger partial charge in [-0.3, -0.25) is 4.79 Å². The summed E-state index contributed by atoms with van der Waals surface area (Å²) in [5.74, 6) is -0.0942. The van der Waals surface area contributed by atoms with Crippen molar-refractivity contribution >= 4 is 39.8 Å². The topological polar surface area (TPSA) is 75.2 Å². The van der Waals surface area contributed by atoms with Crippen LogP contribution in [-0.2, 0) is 4.74 Å². The summed E-state index contributed by atoms with van der Waals surface area (Å²) in [5, 5.41) is 2.78. The number of rotatable bonds is 9. The monoisotopic (exact) mass is 496 g/mol. The van der Waals surface area contributed by atoms with E-state index in [1.54, 1.807) is 6.92 Å². The molecule has 35 heavy (non-hydrogen) atoms. The maximum absolute atomic E-state index is 13.2. The van der Waals surface area contributed by atoms with Gasteiger partial charge in [0.2, 0.25) is 5.88 Å². The molecule has 1 saturated heterocycles. The van der Waals surface area contributed by atoms with Crippen LogP contribution in [0.1, 0.15) is 33.4 Å². The molecule has 0 bridgehead atoms. The van der Waals surface area contributed by atoms with Crippen LogP contribution in [0.2, 0.25) is 0 Å². The van der Waals surface area contributed by atoms with Crippen molar-refractivity contribution in [3.63, 3.8) is 0 Å². The molecule has 0 spiro atoms. The van der Waals surface area contributed by atoms with E-state index in [0.29, 0.717) is 44.2 Å². The van der Waals surface area contributed by atoms with E-state index in [1.165, 1.54) is 11.3 Å². The highest BCUT2D eigenvalue weighted by molar-refractivity contribution is 7.12. The molecular weight excluding hydrogens is 464 g/mol. The van der Waals surface area contributed by atoms with E-state index in [0.717, 1.165) is 34.4 Å². The van der Waals surface area contributed by atoms with Gasteiger partial charge in [-0.15, -0.1) is 11.3 Å². The van der Waals surface area contributed by atoms with E-state index in [4.69, 9.17) is 14.5 Å². The molecule has 2 aromatic heterocycles. The molecule has 1 aliphatic rings. The number of benzene rings is 1. The first kappa shape index (κ1) is 24.9. The van der Waals surface area contributed by atoms with Gasteiger partial charge in [0, 0.05) is 38.1 Å². The molecule has 1 amide bonds. The predicted molar refractivity (Wildman–Crippen MR) is 139 cm³/mol. The summed E-state index contributed by atoms with van der Waals surface area (Å²) in [6.07, 6.45) is 0.808. The van der Waals surface area contributed by atoms with Crippen molar-refractivity contribution in [3.8, 4) is 5.88 Å². The zero-order valence-electron chi connectivity index (χ0n) is 20.5. The summed E-state index contributed by atoms with van der Waals surface area (Å²) in [6.45, 7) is 5.68. The second-order valence-corrected chi connectivity index (χ2v) is 9.59. The van der Waals surface area contributed by atoms with Gasteiger partial charge in [0.1, 0.15) is 5.56 Å². The number of carbonyl (C=O) groups excluding carboxylic acids is 2. The lowest BCUT2D eigenvalue weighted by Crippen LogP contribution is -2.49. The van der Waals surface area contributed by atoms with Crippen LogP contribution < -0.4 is 9.64 Å². The third kappa shape index (κ3) is 5.74. The van der Waals surface area contributed by atoms with Crippen molar-refractivity contribution in [2.75, 3.05) is 64.9 Å². The van der Waals surface area contributed by atoms with Crippen molar-refractivity contribution in [2.24, 2.45) is 0 Å². The number of amides is 1. The zero-order chi connectivity index (χ0) is 24.8. The SMILES string of the molecule is CCOC(=O)c1c(OCCCN(C)C)nc2ccccc2c1N1CCN(C(=O)c2cccs2)CC1. The molecule has 0 radical (unpaired) electrons. The largest absolute Gasteiger partial charge is 0.477 e. The molecule has 0 saturated carbocycles. The molecule has 9 heteroatoms. The first-order valence-electron chi connectivity index (χ1n) is 11.9. The van der Waals surface area contributed by atoms with Crippen LogP contribution in [0.5, 0.6) is 5.88 Å². The fraction of sp³-hybridized carbons (Fsp3) is 0.423. The van der Waals surface area contributed by atoms with Gasteiger partial charge >= 0.3 is 5.97 Å². The molecule has 8 nitrogen and oxygen atoms in total. The Hall–Kier alpha value is -3.17. The summed E-state index contributed by atoms with van der Waals surface area (Å²) < 4.78 is 11.5. The first-order chi connectivity index (χ1) is 17.0. The fourth-order valence-corrected chi connectivity index (χ4v) is 4.92. The van der Waals surface area contributed by atoms with Crippen LogP contribution in [0, 0.1) is 0 Å². The first-order valence-corrected chi connectivity index (χ1v) is 12.8. The number of aromatic nitrogens is 1. The van der Waals surface area contributed by atoms with Gasteiger partial charge in [-0.05, 0) is 45.0 Å². The van der Waals surface area contributed by atoms with Crippen LogP contribution in [0.15, 0.2) is 41.8 Å². The van der Waals surface area contributed by atoms with E-state index in [2.05, 4.69) is 9.80 Å². The second-order valence-electron chi connectivity index (χ2n) is 8.64. The highest BCUT2D eigenvalue weighted by Crippen LogP contribution is 2.37. The smallest absolute Gasteiger partial charge is 0.345 e. The molecule has 186 valence electrons. The Balaban J connectivity index is 1.66. The lowest BCUT2D eigenvalue weighted by Gasteiger charge is -2.37. The number of thiophene rings is 1. The average Bonchev–Trinajstić information content (AvgIpc) is 3.40. The third-order valence-corrected chi connectivity index (χ3v) is 6.77. The molecule has 0 aliphatic carbocycles. The minimum absolute atomic E-state index is 0.0507. The Kier molecular flexibility index (Phi) is 8.20. The molecule has 3 heterocycles. The predicted octanol–water partition coefficient (Wildman–Crippen LogP) is 3.77. The van der Waals surface area contributed by atoms with Gasteiger partial charge in [-0.25, -0.2) is 9.78 Å². The minimum Gasteiger partial charge on any atom is -0.477 e. The number of ether oxygens (including phenoxy) is 2. The molecule has 1 aromatic carbocycles. The quantitative estimate of drug-likeness (QED) is 0.330. The van der Waals surface area contributed by atoms with E-state index in [1.807, 2.05) is 60.8 Å². The van der Waals surface area contributed by atoms with Crippen molar-refractivity contribution in [3.05, 3.63) is 52.2 Å². The lowest BCUT2D eigenvalue weighted by molar-refractivity contribution is 0.0520. The maximum Gasteiger partial charge on any atom is 0.345 e. The summed E-state index contributed by atoms with van der Waals surface area (Å²) in [7, 11) is 4.03. The van der Waals surface area contributed by atoms with Crippen LogP contribution in [0.4, 0.5) is 5.69 Å². The summed E-state index contributed by atoms with van der Waals surface area (Å²) in [4.78, 5) is 37.6. The number of para-hydroxylation sites is 1. The van der Waals surface area contributed by atoms with Crippen molar-refractivity contribution in [1.29, 1.82) is 0 Å². The molecular formula is C26H32N4O4S. The zero-order valence-corrected chi connectivity index (χ0v) is 21.3. The highest BCUT2D eigenvalue weighted by atomic mass is 32.1. The van der Waals surface area contributed by atoms with Crippen LogP contribution in [0.3, 0.4) is 0 Å². The van der Waals surface area contributed by atoms with E-state index in [-0.39, 0.29) is 12.5 Å². The molecule has 0 unspecified atom stereocenters. The Morgan fingerprint density at radius 1 is 1.09 bits per heavy atom. The van der Waals surface area contributed by atoms with Crippen LogP contribution >= 0.6 is 11.3 Å². The number of hydrogen-bond acceptors (Lipinski definition) is 8. The van der Waals surface area contributed by atoms with Gasteiger partial charge in [-0.2, -0.15) is 0 Å². The maximum atomic E-state index is 13.2. The molecule has 1 fully saturated rings. The second kappa shape index (κ2) is 11.5. The van der Waals surface area contributed by atoms with Gasteiger partial charge in [0.15, 0.2) is 0 Å². The number of hydrogen-bond donors (Lipinski definition) is 0. The van der Waals surface area contributed by atoms with E-state index < -0.39 is 5.97 Å². The fourth-order valence-electron chi connectivity index (χ4n) is 4.23. The van der Waals surface area contributed by atoms with Gasteiger partial charge < -0.3 is 24.2 Å². The Bertz CT molecular complexity index is 1160. The third-order valence-electron chi connectivity index (χ3n) is 5.91. The Morgan fingerprint density at radius 2 is 1.86 bits per heavy atom. The molecule has 0 atom stereocenters. The molecule has 3 aromatic rings. The number of fused-ring (bicyclic) bond motifs is 1. The van der Waals surface area contributed by atoms with E-state index in [9.17, 15) is 9.59 Å². The number of carbonyl (C=O) groups is 2. The van der Waals surface area contributed by atoms with Gasteiger partial charge in [-0.1, -0.05) is 24.3 Å². The number of piperazine rings is 1. The Labute approximate surface area is 210 Å². The van der Waals surface area contributed by atoms with Crippen LogP contribution in [-0.4, -0.2) is 86.7 Å². The van der Waals surface area contributed by atoms with Crippen molar-refractivity contribution in [1.82, 2.24) is 14.8 Å². The number of nitrogens with zero attached hydrogens (tertiary/aromatic N) is 4. The lowest BCUT2D eigenvalue weighted by atomic mass is 10.1. The minimum atomic E-state index is -0.444. The molecule has 0 N–H and O–H groups in total. The summed E-state index contributed by atoms with van der Waals surface area (Å²) in [6, 6.07) is 11.5. The average molecular weight is 497 g/mol.